The summed E-state index contributed by atoms with van der Waals surface area (Å²) in [6.07, 6.45) is 2.31. The fraction of sp³-hybridized carbons (Fsp3) is 0.571. The predicted molar refractivity (Wildman–Crippen MR) is 75.9 cm³/mol. The van der Waals surface area contributed by atoms with Gasteiger partial charge >= 0.3 is 5.97 Å². The number of amides is 1. The summed E-state index contributed by atoms with van der Waals surface area (Å²) in [5, 5.41) is 13.7. The molecule has 0 aromatic carbocycles. The summed E-state index contributed by atoms with van der Waals surface area (Å²) in [7, 11) is 0. The molecule has 1 aliphatic rings. The third-order valence-corrected chi connectivity index (χ3v) is 4.38. The Bertz CT molecular complexity index is 440. The van der Waals surface area contributed by atoms with Crippen LogP contribution in [0.4, 0.5) is 0 Å². The van der Waals surface area contributed by atoms with E-state index in [0.29, 0.717) is 6.54 Å². The second-order valence-corrected chi connectivity index (χ2v) is 5.93. The number of carboxylic acids is 1. The topological polar surface area (TPSA) is 75.6 Å². The predicted octanol–water partition coefficient (Wildman–Crippen LogP) is 1.99. The van der Waals surface area contributed by atoms with Crippen molar-refractivity contribution in [2.45, 2.75) is 37.7 Å². The molecule has 1 aromatic heterocycles. The summed E-state index contributed by atoms with van der Waals surface area (Å²) in [5.41, 5.74) is 0. The maximum atomic E-state index is 11.9. The molecule has 20 heavy (non-hydrogen) atoms. The van der Waals surface area contributed by atoms with Crippen molar-refractivity contribution in [1.29, 1.82) is 0 Å². The minimum Gasteiger partial charge on any atom is -0.481 e. The summed E-state index contributed by atoms with van der Waals surface area (Å²) in [4.78, 5) is 23.8. The lowest BCUT2D eigenvalue weighted by Gasteiger charge is -2.15. The van der Waals surface area contributed by atoms with E-state index < -0.39 is 5.97 Å². The summed E-state index contributed by atoms with van der Waals surface area (Å²) in [5.74, 6) is -1.24. The van der Waals surface area contributed by atoms with Crippen molar-refractivity contribution in [1.82, 2.24) is 5.32 Å². The van der Waals surface area contributed by atoms with Crippen LogP contribution in [0, 0.1) is 0 Å². The zero-order valence-corrected chi connectivity index (χ0v) is 12.0. The van der Waals surface area contributed by atoms with Crippen LogP contribution in [-0.4, -0.2) is 36.2 Å². The van der Waals surface area contributed by atoms with Gasteiger partial charge in [0.25, 0.3) is 0 Å². The van der Waals surface area contributed by atoms with Crippen molar-refractivity contribution in [3.05, 3.63) is 22.4 Å². The van der Waals surface area contributed by atoms with E-state index in [0.717, 1.165) is 24.3 Å². The van der Waals surface area contributed by atoms with Crippen molar-refractivity contribution < 1.29 is 19.4 Å². The zero-order chi connectivity index (χ0) is 14.4. The normalized spacial score (nSPS) is 19.7. The molecule has 110 valence electrons. The van der Waals surface area contributed by atoms with Crippen molar-refractivity contribution in [3.63, 3.8) is 0 Å². The number of hydrogen-bond acceptors (Lipinski definition) is 4. The van der Waals surface area contributed by atoms with Gasteiger partial charge in [-0.15, -0.1) is 11.3 Å². The first-order valence-corrected chi connectivity index (χ1v) is 7.66. The first kappa shape index (κ1) is 15.0. The zero-order valence-electron chi connectivity index (χ0n) is 11.2. The second-order valence-electron chi connectivity index (χ2n) is 4.95. The van der Waals surface area contributed by atoms with Gasteiger partial charge in [0, 0.05) is 30.4 Å². The van der Waals surface area contributed by atoms with Crippen molar-refractivity contribution in [3.8, 4) is 0 Å². The highest BCUT2D eigenvalue weighted by Crippen LogP contribution is 2.27. The van der Waals surface area contributed by atoms with Crippen LogP contribution in [0.15, 0.2) is 17.5 Å². The number of aliphatic carboxylic acids is 1. The van der Waals surface area contributed by atoms with E-state index in [1.807, 2.05) is 17.5 Å². The fourth-order valence-corrected chi connectivity index (χ4v) is 3.17. The Hall–Kier alpha value is -1.40. The molecule has 0 radical (unpaired) electrons. The van der Waals surface area contributed by atoms with Gasteiger partial charge in [-0.25, -0.2) is 0 Å². The number of thiophene rings is 1. The molecule has 1 aromatic rings. The highest BCUT2D eigenvalue weighted by Gasteiger charge is 2.21. The quantitative estimate of drug-likeness (QED) is 0.807. The highest BCUT2D eigenvalue weighted by molar-refractivity contribution is 7.10. The van der Waals surface area contributed by atoms with Crippen LogP contribution < -0.4 is 5.32 Å². The van der Waals surface area contributed by atoms with E-state index in [1.165, 1.54) is 11.3 Å². The molecule has 2 atom stereocenters. The summed E-state index contributed by atoms with van der Waals surface area (Å²) in [6.45, 7) is 1.28. The number of hydrogen-bond donors (Lipinski definition) is 2. The van der Waals surface area contributed by atoms with E-state index in [9.17, 15) is 9.59 Å². The largest absolute Gasteiger partial charge is 0.481 e. The molecule has 0 saturated carbocycles. The Labute approximate surface area is 121 Å². The Balaban J connectivity index is 1.83. The lowest BCUT2D eigenvalue weighted by molar-refractivity contribution is -0.137. The van der Waals surface area contributed by atoms with Gasteiger partial charge in [0.2, 0.25) is 5.91 Å². The number of rotatable bonds is 7. The minimum absolute atomic E-state index is 0.0200. The van der Waals surface area contributed by atoms with Gasteiger partial charge in [-0.05, 0) is 24.3 Å². The van der Waals surface area contributed by atoms with Gasteiger partial charge in [0.15, 0.2) is 0 Å². The molecular formula is C14H19NO4S. The van der Waals surface area contributed by atoms with E-state index in [2.05, 4.69) is 5.32 Å². The third kappa shape index (κ3) is 4.61. The van der Waals surface area contributed by atoms with E-state index in [4.69, 9.17) is 9.84 Å². The van der Waals surface area contributed by atoms with Crippen molar-refractivity contribution in [2.75, 3.05) is 13.2 Å². The Kier molecular flexibility index (Phi) is 5.55. The van der Waals surface area contributed by atoms with Crippen LogP contribution in [0.1, 0.15) is 36.5 Å². The molecule has 1 fully saturated rings. The smallest absolute Gasteiger partial charge is 0.304 e. The Morgan fingerprint density at radius 3 is 2.95 bits per heavy atom. The maximum Gasteiger partial charge on any atom is 0.304 e. The Morgan fingerprint density at radius 2 is 2.35 bits per heavy atom. The maximum absolute atomic E-state index is 11.9. The van der Waals surface area contributed by atoms with E-state index in [1.54, 1.807) is 0 Å². The van der Waals surface area contributed by atoms with Gasteiger partial charge in [-0.2, -0.15) is 0 Å². The molecule has 2 N–H and O–H groups in total. The van der Waals surface area contributed by atoms with Crippen LogP contribution >= 0.6 is 11.3 Å². The third-order valence-electron chi connectivity index (χ3n) is 3.35. The molecule has 2 heterocycles. The van der Waals surface area contributed by atoms with Crippen LogP contribution in [-0.2, 0) is 14.3 Å². The monoisotopic (exact) mass is 297 g/mol. The van der Waals surface area contributed by atoms with Gasteiger partial charge in [0.1, 0.15) is 0 Å². The molecule has 6 heteroatoms. The standard InChI is InChI=1S/C14H19NO4S/c16-13(15-9-11-3-1-5-19-11)7-10(8-14(17)18)12-4-2-6-20-12/h2,4,6,10-11H,1,3,5,7-9H2,(H,15,16)(H,17,18). The number of nitrogens with one attached hydrogen (secondary N) is 1. The molecule has 0 bridgehead atoms. The number of carboxylic acid groups (broad SMARTS) is 1. The fourth-order valence-electron chi connectivity index (χ4n) is 2.34. The second kappa shape index (κ2) is 7.40. The SMILES string of the molecule is O=C(O)CC(CC(=O)NCC1CCCO1)c1cccs1. The Morgan fingerprint density at radius 1 is 1.50 bits per heavy atom. The number of carbonyl (C=O) groups excluding carboxylic acids is 1. The van der Waals surface area contributed by atoms with Gasteiger partial charge < -0.3 is 15.2 Å². The van der Waals surface area contributed by atoms with Crippen LogP contribution in [0.25, 0.3) is 0 Å². The summed E-state index contributed by atoms with van der Waals surface area (Å²) in [6, 6.07) is 3.75. The van der Waals surface area contributed by atoms with Gasteiger partial charge in [-0.3, -0.25) is 9.59 Å². The number of carbonyl (C=O) groups is 2. The lowest BCUT2D eigenvalue weighted by Crippen LogP contribution is -2.32. The molecule has 1 saturated heterocycles. The molecule has 5 nitrogen and oxygen atoms in total. The van der Waals surface area contributed by atoms with Gasteiger partial charge in [-0.1, -0.05) is 6.07 Å². The summed E-state index contributed by atoms with van der Waals surface area (Å²) < 4.78 is 5.44. The van der Waals surface area contributed by atoms with E-state index >= 15 is 0 Å². The van der Waals surface area contributed by atoms with Crippen LogP contribution in [0.2, 0.25) is 0 Å². The van der Waals surface area contributed by atoms with Crippen LogP contribution in [0.3, 0.4) is 0 Å². The average molecular weight is 297 g/mol. The lowest BCUT2D eigenvalue weighted by atomic mass is 9.99. The van der Waals surface area contributed by atoms with Crippen molar-refractivity contribution >= 4 is 23.2 Å². The molecule has 0 spiro atoms. The minimum atomic E-state index is -0.879. The molecule has 2 rings (SSSR count). The number of ether oxygens (including phenoxy) is 1. The van der Waals surface area contributed by atoms with Crippen LogP contribution in [0.5, 0.6) is 0 Å². The first-order chi connectivity index (χ1) is 9.65. The molecule has 2 unspecified atom stereocenters. The summed E-state index contributed by atoms with van der Waals surface area (Å²) >= 11 is 1.49. The van der Waals surface area contributed by atoms with Crippen molar-refractivity contribution in [2.24, 2.45) is 0 Å². The highest BCUT2D eigenvalue weighted by atomic mass is 32.1. The van der Waals surface area contributed by atoms with E-state index in [-0.39, 0.29) is 30.8 Å². The van der Waals surface area contributed by atoms with Gasteiger partial charge in [0.05, 0.1) is 12.5 Å². The first-order valence-electron chi connectivity index (χ1n) is 6.78. The molecule has 1 amide bonds. The molecule has 1 aliphatic heterocycles. The molecular weight excluding hydrogens is 278 g/mol. The molecule has 0 aliphatic carbocycles. The average Bonchev–Trinajstić information content (AvgIpc) is 3.08.